The summed E-state index contributed by atoms with van der Waals surface area (Å²) in [5.74, 6) is 2.36. The molecule has 0 unspecified atom stereocenters. The molecule has 15 heavy (non-hydrogen) atoms. The van der Waals surface area contributed by atoms with E-state index in [4.69, 9.17) is 12.2 Å². The molecule has 0 heterocycles. The molecule has 1 rings (SSSR count). The highest BCUT2D eigenvalue weighted by Gasteiger charge is 2.15. The second-order valence-electron chi connectivity index (χ2n) is 3.12. The van der Waals surface area contributed by atoms with Crippen molar-refractivity contribution >= 4 is 15.9 Å². The van der Waals surface area contributed by atoms with E-state index < -0.39 is 15.1 Å². The van der Waals surface area contributed by atoms with Gasteiger partial charge in [0.2, 0.25) is 0 Å². The second-order valence-corrected chi connectivity index (χ2v) is 4.46. The fourth-order valence-corrected chi connectivity index (χ4v) is 1.75. The van der Waals surface area contributed by atoms with Crippen LogP contribution in [0.4, 0.5) is 9.57 Å². The van der Waals surface area contributed by atoms with Crippen molar-refractivity contribution in [3.63, 3.8) is 0 Å². The molecule has 1 aromatic carbocycles. The quantitative estimate of drug-likeness (QED) is 0.472. The smallest absolute Gasteiger partial charge is 0.332 e. The molecule has 1 aromatic rings. The number of benzene rings is 1. The first kappa shape index (κ1) is 11.5. The van der Waals surface area contributed by atoms with Crippen LogP contribution in [0, 0.1) is 19.3 Å². The minimum absolute atomic E-state index is 0.221. The first-order chi connectivity index (χ1) is 6.86. The number of nitrogens with two attached hydrogens (primary N) is 1. The molecule has 0 bridgehead atoms. The molecule has 0 aliphatic carbocycles. The van der Waals surface area contributed by atoms with Crippen LogP contribution in [-0.4, -0.2) is 8.42 Å². The van der Waals surface area contributed by atoms with Crippen LogP contribution in [0.1, 0.15) is 11.1 Å². The summed E-state index contributed by atoms with van der Waals surface area (Å²) in [4.78, 5) is -0.448. The summed E-state index contributed by atoms with van der Waals surface area (Å²) in [6, 6.07) is 2.30. The van der Waals surface area contributed by atoms with E-state index in [1.807, 2.05) is 0 Å². The average Bonchev–Trinajstić information content (AvgIpc) is 2.11. The molecule has 80 valence electrons. The molecular formula is C10H10FNO2S. The highest BCUT2D eigenvalue weighted by Crippen LogP contribution is 2.23. The van der Waals surface area contributed by atoms with E-state index in [2.05, 4.69) is 5.92 Å². The predicted molar refractivity (Wildman–Crippen MR) is 56.4 cm³/mol. The van der Waals surface area contributed by atoms with Gasteiger partial charge in [-0.3, -0.25) is 0 Å². The van der Waals surface area contributed by atoms with Gasteiger partial charge in [-0.2, -0.15) is 8.42 Å². The van der Waals surface area contributed by atoms with Crippen molar-refractivity contribution in [3.8, 4) is 12.3 Å². The first-order valence-electron chi connectivity index (χ1n) is 4.13. The molecule has 0 spiro atoms. The lowest BCUT2D eigenvalue weighted by molar-refractivity contribution is 0.552. The summed E-state index contributed by atoms with van der Waals surface area (Å²) >= 11 is 0. The van der Waals surface area contributed by atoms with E-state index >= 15 is 0 Å². The van der Waals surface area contributed by atoms with Gasteiger partial charge in [-0.05, 0) is 30.2 Å². The first-order valence-corrected chi connectivity index (χ1v) is 5.51. The van der Waals surface area contributed by atoms with Gasteiger partial charge >= 0.3 is 10.2 Å². The summed E-state index contributed by atoms with van der Waals surface area (Å²) in [7, 11) is -4.73. The van der Waals surface area contributed by atoms with Gasteiger partial charge in [-0.15, -0.1) is 16.2 Å². The Labute approximate surface area is 88.3 Å². The van der Waals surface area contributed by atoms with E-state index in [9.17, 15) is 12.3 Å². The fraction of sp³-hybridized carbons (Fsp3) is 0.200. The number of nitrogen functional groups attached to an aromatic ring is 1. The van der Waals surface area contributed by atoms with Crippen molar-refractivity contribution in [2.45, 2.75) is 18.2 Å². The van der Waals surface area contributed by atoms with Gasteiger partial charge in [0.15, 0.2) is 0 Å². The number of hydrogen-bond donors (Lipinski definition) is 1. The molecular weight excluding hydrogens is 217 g/mol. The Bertz CT molecular complexity index is 529. The van der Waals surface area contributed by atoms with E-state index in [0.717, 1.165) is 6.07 Å². The summed E-state index contributed by atoms with van der Waals surface area (Å²) in [5.41, 5.74) is 7.00. The molecule has 0 aliphatic heterocycles. The summed E-state index contributed by atoms with van der Waals surface area (Å²) in [6.07, 6.45) is 5.33. The van der Waals surface area contributed by atoms with Crippen LogP contribution < -0.4 is 5.73 Å². The largest absolute Gasteiger partial charge is 0.398 e. The molecule has 0 saturated carbocycles. The van der Waals surface area contributed by atoms with Gasteiger partial charge in [0.1, 0.15) is 4.90 Å². The van der Waals surface area contributed by atoms with Crippen molar-refractivity contribution in [1.29, 1.82) is 0 Å². The van der Waals surface area contributed by atoms with Crippen LogP contribution >= 0.6 is 0 Å². The van der Waals surface area contributed by atoms with Crippen LogP contribution in [0.15, 0.2) is 17.0 Å². The van der Waals surface area contributed by atoms with Crippen LogP contribution in [0.2, 0.25) is 0 Å². The SMILES string of the molecule is C#CCc1cc(S(=O)(=O)F)cc(N)c1C. The highest BCUT2D eigenvalue weighted by molar-refractivity contribution is 7.86. The zero-order chi connectivity index (χ0) is 11.6. The predicted octanol–water partition coefficient (Wildman–Crippen LogP) is 1.41. The Kier molecular flexibility index (Phi) is 3.01. The third kappa shape index (κ3) is 2.48. The van der Waals surface area contributed by atoms with E-state index in [-0.39, 0.29) is 12.1 Å². The standard InChI is InChI=1S/C10H10FNO2S/c1-3-4-8-5-9(15(11,13)14)6-10(12)7(8)2/h1,5-6H,4,12H2,2H3. The van der Waals surface area contributed by atoms with Gasteiger partial charge in [0.25, 0.3) is 0 Å². The maximum absolute atomic E-state index is 12.7. The molecule has 3 nitrogen and oxygen atoms in total. The van der Waals surface area contributed by atoms with Crippen molar-refractivity contribution < 1.29 is 12.3 Å². The maximum Gasteiger partial charge on any atom is 0.332 e. The molecule has 2 N–H and O–H groups in total. The maximum atomic E-state index is 12.7. The Morgan fingerprint density at radius 1 is 1.53 bits per heavy atom. The molecule has 0 fully saturated rings. The lowest BCUT2D eigenvalue weighted by atomic mass is 10.0. The molecule has 0 radical (unpaired) electrons. The molecule has 0 aliphatic rings. The van der Waals surface area contributed by atoms with Crippen molar-refractivity contribution in [2.75, 3.05) is 5.73 Å². The highest BCUT2D eigenvalue weighted by atomic mass is 32.3. The summed E-state index contributed by atoms with van der Waals surface area (Å²) in [5, 5.41) is 0. The van der Waals surface area contributed by atoms with Gasteiger partial charge in [0, 0.05) is 12.1 Å². The third-order valence-corrected chi connectivity index (χ3v) is 2.90. The van der Waals surface area contributed by atoms with Gasteiger partial charge < -0.3 is 5.73 Å². The Morgan fingerprint density at radius 3 is 2.60 bits per heavy atom. The van der Waals surface area contributed by atoms with E-state index in [0.29, 0.717) is 11.1 Å². The Morgan fingerprint density at radius 2 is 2.13 bits per heavy atom. The zero-order valence-electron chi connectivity index (χ0n) is 8.12. The molecule has 0 saturated heterocycles. The second kappa shape index (κ2) is 3.91. The van der Waals surface area contributed by atoms with Crippen molar-refractivity contribution in [3.05, 3.63) is 23.3 Å². The average molecular weight is 227 g/mol. The number of rotatable bonds is 2. The Balaban J connectivity index is 3.44. The number of halogens is 1. The molecule has 0 aromatic heterocycles. The van der Waals surface area contributed by atoms with Crippen LogP contribution in [0.3, 0.4) is 0 Å². The number of hydrogen-bond acceptors (Lipinski definition) is 3. The Hall–Kier alpha value is -1.54. The minimum Gasteiger partial charge on any atom is -0.398 e. The summed E-state index contributed by atoms with van der Waals surface area (Å²) < 4.78 is 34.1. The monoisotopic (exact) mass is 227 g/mol. The third-order valence-electron chi connectivity index (χ3n) is 2.10. The topological polar surface area (TPSA) is 60.2 Å². The molecule has 0 amide bonds. The lowest BCUT2D eigenvalue weighted by Gasteiger charge is -2.07. The molecule has 5 heteroatoms. The van der Waals surface area contributed by atoms with Crippen LogP contribution in [0.25, 0.3) is 0 Å². The number of anilines is 1. The summed E-state index contributed by atoms with van der Waals surface area (Å²) in [6.45, 7) is 1.70. The number of terminal acetylenes is 1. The van der Waals surface area contributed by atoms with Gasteiger partial charge in [0.05, 0.1) is 0 Å². The lowest BCUT2D eigenvalue weighted by Crippen LogP contribution is -2.00. The molecule has 0 atom stereocenters. The zero-order valence-corrected chi connectivity index (χ0v) is 8.94. The normalized spacial score (nSPS) is 11.0. The van der Waals surface area contributed by atoms with E-state index in [1.54, 1.807) is 6.92 Å². The van der Waals surface area contributed by atoms with Crippen molar-refractivity contribution in [2.24, 2.45) is 0 Å². The van der Waals surface area contributed by atoms with Crippen LogP contribution in [-0.2, 0) is 16.6 Å². The fourth-order valence-electron chi connectivity index (χ4n) is 1.20. The van der Waals surface area contributed by atoms with Gasteiger partial charge in [-0.25, -0.2) is 0 Å². The van der Waals surface area contributed by atoms with Gasteiger partial charge in [-0.1, -0.05) is 0 Å². The van der Waals surface area contributed by atoms with Crippen molar-refractivity contribution in [1.82, 2.24) is 0 Å². The van der Waals surface area contributed by atoms with E-state index in [1.165, 1.54) is 6.07 Å². The van der Waals surface area contributed by atoms with Crippen LogP contribution in [0.5, 0.6) is 0 Å². The minimum atomic E-state index is -4.73.